The Morgan fingerprint density at radius 1 is 1.23 bits per heavy atom. The number of fused-ring (bicyclic) bond motifs is 1. The Labute approximate surface area is 160 Å². The van der Waals surface area contributed by atoms with Gasteiger partial charge in [0.2, 0.25) is 0 Å². The van der Waals surface area contributed by atoms with E-state index in [1.807, 2.05) is 54.8 Å². The third kappa shape index (κ3) is 3.83. The molecule has 0 saturated heterocycles. The summed E-state index contributed by atoms with van der Waals surface area (Å²) in [6, 6.07) is 9.29. The molecule has 1 aromatic carbocycles. The minimum absolute atomic E-state index is 0.175. The number of aromatic nitrogens is 2. The highest BCUT2D eigenvalue weighted by Crippen LogP contribution is 2.22. The standard InChI is InChI=1S/C19H20BrN3O3/c1-12-10-16(20)18-22-13(2)17(23(18)11-12)19(24)21-8-9-26-15-6-4-14(25-3)5-7-15/h4-7,10-11H,8-9H2,1-3H3,(H,21,24). The van der Waals surface area contributed by atoms with Crippen LogP contribution in [0.15, 0.2) is 41.0 Å². The molecule has 136 valence electrons. The number of methoxy groups -OCH3 is 1. The van der Waals surface area contributed by atoms with Crippen LogP contribution in [0, 0.1) is 13.8 Å². The number of ether oxygens (including phenoxy) is 2. The first-order chi connectivity index (χ1) is 12.5. The lowest BCUT2D eigenvalue weighted by Gasteiger charge is -2.09. The number of nitrogens with zero attached hydrogens (tertiary/aromatic N) is 2. The summed E-state index contributed by atoms with van der Waals surface area (Å²) >= 11 is 3.50. The number of carbonyl (C=O) groups is 1. The van der Waals surface area contributed by atoms with Crippen molar-refractivity contribution in [3.63, 3.8) is 0 Å². The molecule has 0 atom stereocenters. The van der Waals surface area contributed by atoms with Crippen molar-refractivity contribution in [2.45, 2.75) is 13.8 Å². The lowest BCUT2D eigenvalue weighted by atomic mass is 10.3. The summed E-state index contributed by atoms with van der Waals surface area (Å²) in [6.45, 7) is 4.57. The second kappa shape index (κ2) is 7.78. The van der Waals surface area contributed by atoms with Gasteiger partial charge in [-0.15, -0.1) is 0 Å². The van der Waals surface area contributed by atoms with E-state index >= 15 is 0 Å². The molecule has 0 bridgehead atoms. The number of carbonyl (C=O) groups excluding carboxylic acids is 1. The minimum atomic E-state index is -0.175. The summed E-state index contributed by atoms with van der Waals surface area (Å²) in [7, 11) is 1.62. The van der Waals surface area contributed by atoms with Crippen LogP contribution in [0.5, 0.6) is 11.5 Å². The fraction of sp³-hybridized carbons (Fsp3) is 0.263. The van der Waals surface area contributed by atoms with Gasteiger partial charge in [0.05, 0.1) is 23.8 Å². The van der Waals surface area contributed by atoms with Crippen molar-refractivity contribution in [1.82, 2.24) is 14.7 Å². The number of amides is 1. The van der Waals surface area contributed by atoms with Crippen molar-refractivity contribution in [1.29, 1.82) is 0 Å². The number of halogens is 1. The van der Waals surface area contributed by atoms with Gasteiger partial charge in [-0.3, -0.25) is 9.20 Å². The van der Waals surface area contributed by atoms with Gasteiger partial charge >= 0.3 is 0 Å². The molecule has 1 N–H and O–H groups in total. The van der Waals surface area contributed by atoms with Crippen LogP contribution < -0.4 is 14.8 Å². The van der Waals surface area contributed by atoms with Gasteiger partial charge in [0.25, 0.3) is 5.91 Å². The average molecular weight is 418 g/mol. The molecule has 2 aromatic heterocycles. The fourth-order valence-electron chi connectivity index (χ4n) is 2.71. The summed E-state index contributed by atoms with van der Waals surface area (Å²) < 4.78 is 13.4. The molecule has 1 amide bonds. The Hall–Kier alpha value is -2.54. The molecule has 0 aliphatic carbocycles. The van der Waals surface area contributed by atoms with Gasteiger partial charge < -0.3 is 14.8 Å². The van der Waals surface area contributed by atoms with E-state index in [1.165, 1.54) is 0 Å². The van der Waals surface area contributed by atoms with E-state index in [0.717, 1.165) is 27.2 Å². The van der Waals surface area contributed by atoms with Crippen molar-refractivity contribution in [3.8, 4) is 11.5 Å². The zero-order chi connectivity index (χ0) is 18.7. The Morgan fingerprint density at radius 3 is 2.62 bits per heavy atom. The predicted octanol–water partition coefficient (Wildman–Crippen LogP) is 3.53. The molecule has 6 nitrogen and oxygen atoms in total. The van der Waals surface area contributed by atoms with E-state index in [1.54, 1.807) is 7.11 Å². The highest BCUT2D eigenvalue weighted by atomic mass is 79.9. The molecule has 0 spiro atoms. The minimum Gasteiger partial charge on any atom is -0.497 e. The predicted molar refractivity (Wildman–Crippen MR) is 103 cm³/mol. The molecule has 0 unspecified atom stereocenters. The molecule has 0 aliphatic heterocycles. The van der Waals surface area contributed by atoms with Crippen LogP contribution in [0.3, 0.4) is 0 Å². The number of pyridine rings is 1. The topological polar surface area (TPSA) is 64.9 Å². The second-order valence-corrected chi connectivity index (χ2v) is 6.74. The molecule has 0 saturated carbocycles. The summed E-state index contributed by atoms with van der Waals surface area (Å²) in [5.41, 5.74) is 2.99. The van der Waals surface area contributed by atoms with Crippen LogP contribution in [0.25, 0.3) is 5.65 Å². The Bertz CT molecular complexity index is 935. The van der Waals surface area contributed by atoms with Gasteiger partial charge in [0, 0.05) is 6.20 Å². The van der Waals surface area contributed by atoms with Crippen LogP contribution >= 0.6 is 15.9 Å². The third-order valence-electron chi connectivity index (χ3n) is 3.92. The maximum atomic E-state index is 12.6. The molecule has 3 rings (SSSR count). The van der Waals surface area contributed by atoms with Crippen LogP contribution in [-0.4, -0.2) is 35.6 Å². The van der Waals surface area contributed by atoms with Gasteiger partial charge in [0.1, 0.15) is 23.8 Å². The van der Waals surface area contributed by atoms with Crippen molar-refractivity contribution < 1.29 is 14.3 Å². The van der Waals surface area contributed by atoms with Crippen LogP contribution in [-0.2, 0) is 0 Å². The summed E-state index contributed by atoms with van der Waals surface area (Å²) in [5, 5.41) is 2.89. The summed E-state index contributed by atoms with van der Waals surface area (Å²) in [6.07, 6.45) is 1.91. The molecule has 3 aromatic rings. The summed E-state index contributed by atoms with van der Waals surface area (Å²) in [5.74, 6) is 1.33. The van der Waals surface area contributed by atoms with Crippen molar-refractivity contribution >= 4 is 27.5 Å². The monoisotopic (exact) mass is 417 g/mol. The number of imidazole rings is 1. The number of rotatable bonds is 6. The van der Waals surface area contributed by atoms with Crippen LogP contribution in [0.2, 0.25) is 0 Å². The molecule has 0 radical (unpaired) electrons. The largest absolute Gasteiger partial charge is 0.497 e. The van der Waals surface area contributed by atoms with E-state index in [4.69, 9.17) is 9.47 Å². The highest BCUT2D eigenvalue weighted by Gasteiger charge is 2.18. The Morgan fingerprint density at radius 2 is 1.92 bits per heavy atom. The van der Waals surface area contributed by atoms with Gasteiger partial charge in [-0.2, -0.15) is 0 Å². The van der Waals surface area contributed by atoms with E-state index < -0.39 is 0 Å². The molecule has 7 heteroatoms. The van der Waals surface area contributed by atoms with E-state index in [0.29, 0.717) is 24.5 Å². The first kappa shape index (κ1) is 18.3. The molecular weight excluding hydrogens is 398 g/mol. The molecule has 0 aliphatic rings. The number of hydrogen-bond acceptors (Lipinski definition) is 4. The second-order valence-electron chi connectivity index (χ2n) is 5.88. The van der Waals surface area contributed by atoms with Crippen molar-refractivity contribution in [2.24, 2.45) is 0 Å². The van der Waals surface area contributed by atoms with E-state index in [-0.39, 0.29) is 5.91 Å². The van der Waals surface area contributed by atoms with Crippen LogP contribution in [0.1, 0.15) is 21.7 Å². The third-order valence-corrected chi connectivity index (χ3v) is 4.50. The van der Waals surface area contributed by atoms with Crippen molar-refractivity contribution in [3.05, 3.63) is 58.0 Å². The zero-order valence-corrected chi connectivity index (χ0v) is 16.5. The van der Waals surface area contributed by atoms with E-state index in [2.05, 4.69) is 26.2 Å². The quantitative estimate of drug-likeness (QED) is 0.623. The molecule has 26 heavy (non-hydrogen) atoms. The van der Waals surface area contributed by atoms with Crippen LogP contribution in [0.4, 0.5) is 0 Å². The number of hydrogen-bond donors (Lipinski definition) is 1. The first-order valence-electron chi connectivity index (χ1n) is 8.19. The number of nitrogens with one attached hydrogen (secondary N) is 1. The molecule has 0 fully saturated rings. The number of benzene rings is 1. The molecular formula is C19H20BrN3O3. The highest BCUT2D eigenvalue weighted by molar-refractivity contribution is 9.10. The van der Waals surface area contributed by atoms with E-state index in [9.17, 15) is 4.79 Å². The fourth-order valence-corrected chi connectivity index (χ4v) is 3.35. The normalized spacial score (nSPS) is 10.8. The lowest BCUT2D eigenvalue weighted by Crippen LogP contribution is -2.29. The van der Waals surface area contributed by atoms with Gasteiger partial charge in [-0.05, 0) is 65.7 Å². The summed E-state index contributed by atoms with van der Waals surface area (Å²) in [4.78, 5) is 17.1. The lowest BCUT2D eigenvalue weighted by molar-refractivity contribution is 0.0940. The Balaban J connectivity index is 1.63. The maximum absolute atomic E-state index is 12.6. The van der Waals surface area contributed by atoms with Gasteiger partial charge in [-0.25, -0.2) is 4.98 Å². The maximum Gasteiger partial charge on any atom is 0.270 e. The molecule has 2 heterocycles. The smallest absolute Gasteiger partial charge is 0.270 e. The van der Waals surface area contributed by atoms with Gasteiger partial charge in [0.15, 0.2) is 5.65 Å². The first-order valence-corrected chi connectivity index (χ1v) is 8.98. The zero-order valence-electron chi connectivity index (χ0n) is 14.9. The SMILES string of the molecule is COc1ccc(OCCNC(=O)c2c(C)nc3c(Br)cc(C)cn23)cc1. The van der Waals surface area contributed by atoms with Gasteiger partial charge in [-0.1, -0.05) is 0 Å². The Kier molecular flexibility index (Phi) is 5.46. The average Bonchev–Trinajstić information content (AvgIpc) is 2.95. The number of aryl methyl sites for hydroxylation is 2. The van der Waals surface area contributed by atoms with Crippen molar-refractivity contribution in [2.75, 3.05) is 20.3 Å².